The minimum atomic E-state index is -3.93. The highest BCUT2D eigenvalue weighted by molar-refractivity contribution is 7.91. The van der Waals surface area contributed by atoms with Gasteiger partial charge in [-0.05, 0) is 69.2 Å². The van der Waals surface area contributed by atoms with Gasteiger partial charge in [0.2, 0.25) is 21.8 Å². The Balaban J connectivity index is 0.973. The SMILES string of the molecule is COc1ccc(-c2csc(C(=O)N3C[C@H]4CN5C(=O)[C@@H](NC(=O)O[C@H]6CO[C@H]7OCC[C@H]76)CCCCC/C=C\[C@@H]6C[C@]6(C(=O)NS(=O)(=O)C6CC6)NC(=O)[C@@H]5[C@H]4C3)n2)cc1. The Morgan fingerprint density at radius 1 is 1.00 bits per heavy atom. The third-order valence-corrected chi connectivity index (χ3v) is 15.8. The Labute approximate surface area is 351 Å². The Morgan fingerprint density at radius 3 is 2.60 bits per heavy atom. The van der Waals surface area contributed by atoms with Gasteiger partial charge >= 0.3 is 6.09 Å². The van der Waals surface area contributed by atoms with Gasteiger partial charge in [0.1, 0.15) is 29.5 Å². The molecule has 2 aromatic rings. The fourth-order valence-corrected chi connectivity index (χ4v) is 11.7. The molecule has 0 unspecified atom stereocenters. The average Bonchev–Trinajstić information content (AvgIpc) is 3.79. The van der Waals surface area contributed by atoms with E-state index < -0.39 is 80.9 Å². The molecular weight excluding hydrogens is 817 g/mol. The summed E-state index contributed by atoms with van der Waals surface area (Å²) in [4.78, 5) is 78.6. The zero-order valence-corrected chi connectivity index (χ0v) is 34.9. The number of methoxy groups -OCH3 is 1. The fourth-order valence-electron chi connectivity index (χ4n) is 9.50. The van der Waals surface area contributed by atoms with Gasteiger partial charge in [0, 0.05) is 48.3 Å². The van der Waals surface area contributed by atoms with Crippen molar-refractivity contribution in [3.63, 3.8) is 0 Å². The van der Waals surface area contributed by atoms with Crippen molar-refractivity contribution in [2.45, 2.75) is 93.1 Å². The lowest BCUT2D eigenvalue weighted by Crippen LogP contribution is -2.60. The summed E-state index contributed by atoms with van der Waals surface area (Å²) in [5.41, 5.74) is -0.0816. The van der Waals surface area contributed by atoms with E-state index in [2.05, 4.69) is 20.3 Å². The number of amides is 5. The van der Waals surface area contributed by atoms with E-state index in [1.54, 1.807) is 12.0 Å². The summed E-state index contributed by atoms with van der Waals surface area (Å²) >= 11 is 1.22. The third kappa shape index (κ3) is 8.00. The van der Waals surface area contributed by atoms with Crippen LogP contribution < -0.4 is 20.1 Å². The van der Waals surface area contributed by atoms with Crippen molar-refractivity contribution in [2.75, 3.05) is 40.0 Å². The number of rotatable bonds is 8. The lowest BCUT2D eigenvalue weighted by Gasteiger charge is -2.33. The van der Waals surface area contributed by atoms with Gasteiger partial charge in [-0.25, -0.2) is 18.2 Å². The summed E-state index contributed by atoms with van der Waals surface area (Å²) in [7, 11) is -2.34. The molecule has 5 amide bonds. The van der Waals surface area contributed by atoms with Crippen LogP contribution in [0.3, 0.4) is 0 Å². The first kappa shape index (κ1) is 40.8. The molecule has 17 nitrogen and oxygen atoms in total. The molecule has 7 aliphatic rings. The van der Waals surface area contributed by atoms with Crippen LogP contribution in [-0.4, -0.2) is 128 Å². The van der Waals surface area contributed by atoms with Gasteiger partial charge in [-0.1, -0.05) is 25.0 Å². The van der Waals surface area contributed by atoms with Crippen LogP contribution in [0.15, 0.2) is 41.8 Å². The number of thiazole rings is 1. The molecule has 3 N–H and O–H groups in total. The molecule has 6 fully saturated rings. The molecule has 6 heterocycles. The number of carbonyl (C=O) groups excluding carboxylic acids is 5. The molecule has 19 heteroatoms. The van der Waals surface area contributed by atoms with E-state index in [1.165, 1.54) is 16.2 Å². The van der Waals surface area contributed by atoms with Crippen molar-refractivity contribution in [2.24, 2.45) is 23.7 Å². The van der Waals surface area contributed by atoms with Gasteiger partial charge in [-0.3, -0.25) is 23.9 Å². The quantitative estimate of drug-likeness (QED) is 0.327. The Morgan fingerprint density at radius 2 is 1.82 bits per heavy atom. The minimum Gasteiger partial charge on any atom is -0.497 e. The van der Waals surface area contributed by atoms with Gasteiger partial charge < -0.3 is 39.4 Å². The molecule has 9 atom stereocenters. The number of likely N-dealkylation sites (tertiary alicyclic amines) is 1. The largest absolute Gasteiger partial charge is 0.497 e. The maximum atomic E-state index is 14.8. The zero-order valence-electron chi connectivity index (χ0n) is 33.3. The molecule has 2 saturated carbocycles. The van der Waals surface area contributed by atoms with Crippen molar-refractivity contribution in [3.8, 4) is 17.0 Å². The molecule has 1 aromatic heterocycles. The number of aromatic nitrogens is 1. The lowest BCUT2D eigenvalue weighted by atomic mass is 9.93. The maximum Gasteiger partial charge on any atom is 0.408 e. The molecule has 60 heavy (non-hydrogen) atoms. The van der Waals surface area contributed by atoms with Crippen LogP contribution in [0.2, 0.25) is 0 Å². The van der Waals surface area contributed by atoms with Gasteiger partial charge in [0.15, 0.2) is 11.3 Å². The monoisotopic (exact) mass is 866 g/mol. The lowest BCUT2D eigenvalue weighted by molar-refractivity contribution is -0.142. The van der Waals surface area contributed by atoms with Crippen molar-refractivity contribution < 1.29 is 51.3 Å². The number of sulfonamides is 1. The molecule has 322 valence electrons. The summed E-state index contributed by atoms with van der Waals surface area (Å²) < 4.78 is 50.4. The summed E-state index contributed by atoms with van der Waals surface area (Å²) in [5, 5.41) is 7.19. The van der Waals surface area contributed by atoms with E-state index in [1.807, 2.05) is 41.8 Å². The van der Waals surface area contributed by atoms with Crippen molar-refractivity contribution in [3.05, 3.63) is 46.8 Å². The van der Waals surface area contributed by atoms with Crippen LogP contribution in [0, 0.1) is 23.7 Å². The molecule has 9 rings (SSSR count). The van der Waals surface area contributed by atoms with Crippen LogP contribution >= 0.6 is 11.3 Å². The molecule has 2 aliphatic carbocycles. The van der Waals surface area contributed by atoms with Gasteiger partial charge in [-0.2, -0.15) is 0 Å². The number of alkyl carbamates (subject to hydrolysis) is 1. The standard InChI is InChI=1S/C41H50N6O11S2/c1-55-26-11-9-23(10-12-26)31-22-59-35(42-31)37(50)46-18-24-19-47-33(29(24)20-46)34(48)44-41(39(51)45-60(53,54)27-13-14-27)17-25(41)7-5-3-2-4-6-8-30(36(47)49)43-40(52)58-32-21-57-38-28(32)15-16-56-38/h5,7,9-12,22,24-25,27-30,32-33,38H,2-4,6,8,13-21H2,1H3,(H,43,52)(H,44,48)(H,45,51)/b7-5-/t24-,25+,28-,29-,30-,32-,33-,38+,41-/m0/s1. The van der Waals surface area contributed by atoms with Gasteiger partial charge in [0.05, 0.1) is 37.2 Å². The Bertz CT molecular complexity index is 2160. The first-order valence-electron chi connectivity index (χ1n) is 20.9. The smallest absolute Gasteiger partial charge is 0.408 e. The van der Waals surface area contributed by atoms with Crippen LogP contribution in [0.5, 0.6) is 5.75 Å². The molecule has 0 spiro atoms. The number of nitrogens with one attached hydrogen (secondary N) is 3. The van der Waals surface area contributed by atoms with Crippen molar-refractivity contribution in [1.29, 1.82) is 0 Å². The zero-order chi connectivity index (χ0) is 41.8. The number of carbonyl (C=O) groups is 5. The van der Waals surface area contributed by atoms with E-state index in [4.69, 9.17) is 18.9 Å². The minimum absolute atomic E-state index is 0.0995. The van der Waals surface area contributed by atoms with Crippen molar-refractivity contribution >= 4 is 51.1 Å². The highest BCUT2D eigenvalue weighted by atomic mass is 32.2. The third-order valence-electron chi connectivity index (χ3n) is 13.1. The van der Waals surface area contributed by atoms with E-state index in [9.17, 15) is 32.4 Å². The molecule has 5 aliphatic heterocycles. The maximum absolute atomic E-state index is 14.8. The second-order valence-electron chi connectivity index (χ2n) is 17.0. The molecule has 0 bridgehead atoms. The van der Waals surface area contributed by atoms with Crippen LogP contribution in [-0.2, 0) is 38.6 Å². The van der Waals surface area contributed by atoms with E-state index in [0.29, 0.717) is 56.6 Å². The number of benzene rings is 1. The normalized spacial score (nSPS) is 33.3. The molecular formula is C41H50N6O11S2. The number of nitrogens with zero attached hydrogens (tertiary/aromatic N) is 3. The summed E-state index contributed by atoms with van der Waals surface area (Å²) in [6.07, 6.45) is 6.98. The van der Waals surface area contributed by atoms with E-state index in [0.717, 1.165) is 18.4 Å². The Kier molecular flexibility index (Phi) is 11.1. The van der Waals surface area contributed by atoms with E-state index >= 15 is 0 Å². The summed E-state index contributed by atoms with van der Waals surface area (Å²) in [5.74, 6) is -2.90. The summed E-state index contributed by atoms with van der Waals surface area (Å²) in [6.45, 7) is 1.19. The fraction of sp³-hybridized carbons (Fsp3) is 0.610. The molecule has 1 aromatic carbocycles. The van der Waals surface area contributed by atoms with E-state index in [-0.39, 0.29) is 55.4 Å². The Hall–Kier alpha value is -4.59. The first-order valence-corrected chi connectivity index (χ1v) is 23.3. The molecule has 0 radical (unpaired) electrons. The average molecular weight is 867 g/mol. The van der Waals surface area contributed by atoms with Crippen molar-refractivity contribution in [1.82, 2.24) is 30.1 Å². The topological polar surface area (TPSA) is 212 Å². The highest BCUT2D eigenvalue weighted by Gasteiger charge is 2.63. The molecule has 4 saturated heterocycles. The number of hydrogen-bond donors (Lipinski definition) is 3. The second kappa shape index (κ2) is 16.4. The number of fused-ring (bicyclic) bond motifs is 5. The first-order chi connectivity index (χ1) is 28.9. The summed E-state index contributed by atoms with van der Waals surface area (Å²) in [6, 6.07) is 5.20. The number of allylic oxidation sites excluding steroid dienone is 1. The number of ether oxygens (including phenoxy) is 4. The second-order valence-corrected chi connectivity index (χ2v) is 19.8. The number of hydrogen-bond acceptors (Lipinski definition) is 13. The van der Waals surface area contributed by atoms with Crippen LogP contribution in [0.1, 0.15) is 67.6 Å². The van der Waals surface area contributed by atoms with Crippen LogP contribution in [0.4, 0.5) is 4.79 Å². The predicted octanol–water partition coefficient (Wildman–Crippen LogP) is 2.58. The van der Waals surface area contributed by atoms with Gasteiger partial charge in [-0.15, -0.1) is 11.3 Å². The van der Waals surface area contributed by atoms with Gasteiger partial charge in [0.25, 0.3) is 11.8 Å². The highest BCUT2D eigenvalue weighted by Crippen LogP contribution is 2.47. The predicted molar refractivity (Wildman–Crippen MR) is 215 cm³/mol. The van der Waals surface area contributed by atoms with Crippen LogP contribution in [0.25, 0.3) is 11.3 Å².